The number of fused-ring (bicyclic) bond motifs is 1. The molecule has 198 valence electrons. The van der Waals surface area contributed by atoms with Crippen molar-refractivity contribution < 1.29 is 37.1 Å². The van der Waals surface area contributed by atoms with Crippen molar-refractivity contribution in [2.45, 2.75) is 33.1 Å². The van der Waals surface area contributed by atoms with Gasteiger partial charge < -0.3 is 18.9 Å². The number of carbonyl (C=O) groups excluding carboxylic acids is 2. The van der Waals surface area contributed by atoms with Crippen molar-refractivity contribution in [2.75, 3.05) is 0 Å². The second-order valence-corrected chi connectivity index (χ2v) is 8.86. The van der Waals surface area contributed by atoms with Gasteiger partial charge in [0.15, 0.2) is 0 Å². The lowest BCUT2D eigenvalue weighted by molar-refractivity contribution is -0.146. The van der Waals surface area contributed by atoms with Crippen molar-refractivity contribution in [3.8, 4) is 22.9 Å². The van der Waals surface area contributed by atoms with Crippen LogP contribution in [-0.2, 0) is 15.8 Å². The molecule has 0 radical (unpaired) electrons. The molecule has 0 saturated heterocycles. The van der Waals surface area contributed by atoms with Crippen LogP contribution in [0, 0.1) is 0 Å². The number of amides is 1. The molecule has 3 aromatic carbocycles. The Bertz CT molecular complexity index is 1480. The molecule has 0 atom stereocenters. The first-order valence-electron chi connectivity index (χ1n) is 11.4. The van der Waals surface area contributed by atoms with Gasteiger partial charge >= 0.3 is 18.1 Å². The minimum Gasteiger partial charge on any atom is -0.491 e. The Labute approximate surface area is 220 Å². The van der Waals surface area contributed by atoms with Gasteiger partial charge in [0.25, 0.3) is 0 Å². The first kappa shape index (κ1) is 26.9. The SMILES string of the molecule is CC(=O)ONC(=O)c1c(Cl)c2cc(Oc3ccc(C(F)(F)F)cc3)ccc2n1-c1ccc(OC(C)C)cc1. The highest BCUT2D eigenvalue weighted by atomic mass is 35.5. The smallest absolute Gasteiger partial charge is 0.416 e. The fourth-order valence-electron chi connectivity index (χ4n) is 3.73. The minimum absolute atomic E-state index is 0.00729. The summed E-state index contributed by atoms with van der Waals surface area (Å²) in [6.07, 6.45) is -4.49. The number of alkyl halides is 3. The molecule has 0 unspecified atom stereocenters. The summed E-state index contributed by atoms with van der Waals surface area (Å²) in [5, 5.41) is 0.469. The maximum Gasteiger partial charge on any atom is 0.416 e. The first-order valence-corrected chi connectivity index (χ1v) is 11.8. The third kappa shape index (κ3) is 5.86. The third-order valence-corrected chi connectivity index (χ3v) is 5.65. The molecule has 0 spiro atoms. The summed E-state index contributed by atoms with van der Waals surface area (Å²) in [5.74, 6) is -0.400. The zero-order valence-corrected chi connectivity index (χ0v) is 21.2. The van der Waals surface area contributed by atoms with Gasteiger partial charge in [-0.2, -0.15) is 18.7 Å². The summed E-state index contributed by atoms with van der Waals surface area (Å²) in [4.78, 5) is 28.9. The van der Waals surface area contributed by atoms with Gasteiger partial charge in [-0.15, -0.1) is 0 Å². The van der Waals surface area contributed by atoms with Crippen LogP contribution in [0.2, 0.25) is 5.02 Å². The zero-order valence-electron chi connectivity index (χ0n) is 20.4. The average Bonchev–Trinajstić information content (AvgIpc) is 3.14. The largest absolute Gasteiger partial charge is 0.491 e. The molecular formula is C27H22ClF3N2O5. The number of halogens is 4. The van der Waals surface area contributed by atoms with Crippen LogP contribution in [0.1, 0.15) is 36.8 Å². The number of hydrogen-bond acceptors (Lipinski definition) is 5. The van der Waals surface area contributed by atoms with Gasteiger partial charge in [-0.1, -0.05) is 11.6 Å². The second-order valence-electron chi connectivity index (χ2n) is 8.49. The summed E-state index contributed by atoms with van der Waals surface area (Å²) in [5.41, 5.74) is 2.37. The van der Waals surface area contributed by atoms with Crippen LogP contribution in [0.15, 0.2) is 66.7 Å². The van der Waals surface area contributed by atoms with Crippen molar-refractivity contribution in [1.82, 2.24) is 10.0 Å². The van der Waals surface area contributed by atoms with E-state index in [0.29, 0.717) is 22.3 Å². The molecule has 1 aromatic heterocycles. The van der Waals surface area contributed by atoms with Gasteiger partial charge in [-0.05, 0) is 80.6 Å². The van der Waals surface area contributed by atoms with Gasteiger partial charge in [0.05, 0.1) is 22.2 Å². The Morgan fingerprint density at radius 1 is 0.921 bits per heavy atom. The minimum atomic E-state index is -4.46. The molecule has 4 rings (SSSR count). The lowest BCUT2D eigenvalue weighted by Gasteiger charge is -2.13. The lowest BCUT2D eigenvalue weighted by atomic mass is 10.2. The third-order valence-electron chi connectivity index (χ3n) is 5.26. The van der Waals surface area contributed by atoms with E-state index < -0.39 is 23.6 Å². The Balaban J connectivity index is 1.76. The van der Waals surface area contributed by atoms with Gasteiger partial charge in [-0.25, -0.2) is 0 Å². The number of aromatic nitrogens is 1. The molecule has 0 aliphatic carbocycles. The Morgan fingerprint density at radius 2 is 1.53 bits per heavy atom. The molecule has 0 fully saturated rings. The molecular weight excluding hydrogens is 525 g/mol. The lowest BCUT2D eigenvalue weighted by Crippen LogP contribution is -2.28. The number of carbonyl (C=O) groups is 2. The molecule has 11 heteroatoms. The maximum absolute atomic E-state index is 13.0. The molecule has 4 aromatic rings. The highest BCUT2D eigenvalue weighted by Crippen LogP contribution is 2.37. The van der Waals surface area contributed by atoms with Crippen LogP contribution in [-0.4, -0.2) is 22.5 Å². The van der Waals surface area contributed by atoms with Crippen molar-refractivity contribution in [2.24, 2.45) is 0 Å². The van der Waals surface area contributed by atoms with Crippen molar-refractivity contribution in [1.29, 1.82) is 0 Å². The standard InChI is InChI=1S/C27H22ClF3N2O5/c1-15(2)36-19-10-6-18(7-11-19)33-23-13-12-21(37-20-8-4-17(5-9-20)27(29,30)31)14-22(23)24(28)25(33)26(35)32-38-16(3)34/h4-15H,1-3H3,(H,32,35). The van der Waals surface area contributed by atoms with Crippen LogP contribution < -0.4 is 15.0 Å². The summed E-state index contributed by atoms with van der Waals surface area (Å²) < 4.78 is 51.6. The van der Waals surface area contributed by atoms with Crippen LogP contribution in [0.25, 0.3) is 16.6 Å². The topological polar surface area (TPSA) is 78.8 Å². The van der Waals surface area contributed by atoms with Crippen LogP contribution in [0.3, 0.4) is 0 Å². The van der Waals surface area contributed by atoms with Crippen LogP contribution in [0.4, 0.5) is 13.2 Å². The summed E-state index contributed by atoms with van der Waals surface area (Å²) in [7, 11) is 0. The van der Waals surface area contributed by atoms with Gasteiger partial charge in [0.1, 0.15) is 22.9 Å². The number of hydrogen-bond donors (Lipinski definition) is 1. The normalized spacial score (nSPS) is 11.5. The predicted octanol–water partition coefficient (Wildman–Crippen LogP) is 7.09. The monoisotopic (exact) mass is 546 g/mol. The number of nitrogens with one attached hydrogen (secondary N) is 1. The number of nitrogens with zero attached hydrogens (tertiary/aromatic N) is 1. The predicted molar refractivity (Wildman–Crippen MR) is 135 cm³/mol. The van der Waals surface area contributed by atoms with E-state index in [-0.39, 0.29) is 28.3 Å². The van der Waals surface area contributed by atoms with Crippen LogP contribution >= 0.6 is 11.6 Å². The van der Waals surface area contributed by atoms with Crippen molar-refractivity contribution in [3.05, 3.63) is 83.0 Å². The molecule has 1 N–H and O–H groups in total. The Kier molecular flexibility index (Phi) is 7.54. The first-order chi connectivity index (χ1) is 17.9. The molecule has 1 amide bonds. The number of hydroxylamine groups is 1. The van der Waals surface area contributed by atoms with E-state index in [0.717, 1.165) is 19.1 Å². The fourth-order valence-corrected chi connectivity index (χ4v) is 4.05. The summed E-state index contributed by atoms with van der Waals surface area (Å²) in [6.45, 7) is 4.93. The molecule has 0 aliphatic heterocycles. The second kappa shape index (κ2) is 10.7. The Hall–Kier alpha value is -4.18. The summed E-state index contributed by atoms with van der Waals surface area (Å²) >= 11 is 6.64. The van der Waals surface area contributed by atoms with E-state index >= 15 is 0 Å². The molecule has 0 bridgehead atoms. The Morgan fingerprint density at radius 3 is 2.11 bits per heavy atom. The highest BCUT2D eigenvalue weighted by molar-refractivity contribution is 6.39. The van der Waals surface area contributed by atoms with E-state index in [1.807, 2.05) is 13.8 Å². The van der Waals surface area contributed by atoms with E-state index in [1.165, 1.54) is 12.1 Å². The summed E-state index contributed by atoms with van der Waals surface area (Å²) in [6, 6.07) is 16.0. The average molecular weight is 547 g/mol. The molecule has 0 aliphatic rings. The van der Waals surface area contributed by atoms with Crippen LogP contribution in [0.5, 0.6) is 17.2 Å². The highest BCUT2D eigenvalue weighted by Gasteiger charge is 2.30. The molecule has 1 heterocycles. The molecule has 7 nitrogen and oxygen atoms in total. The zero-order chi connectivity index (χ0) is 27.6. The fraction of sp³-hybridized carbons (Fsp3) is 0.185. The maximum atomic E-state index is 13.0. The van der Waals surface area contributed by atoms with Gasteiger partial charge in [-0.3, -0.25) is 9.59 Å². The van der Waals surface area contributed by atoms with Gasteiger partial charge in [0.2, 0.25) is 0 Å². The number of ether oxygens (including phenoxy) is 2. The van der Waals surface area contributed by atoms with Crippen molar-refractivity contribution in [3.63, 3.8) is 0 Å². The quantitative estimate of drug-likeness (QED) is 0.261. The van der Waals surface area contributed by atoms with Gasteiger partial charge in [0, 0.05) is 18.0 Å². The van der Waals surface area contributed by atoms with E-state index in [9.17, 15) is 22.8 Å². The number of benzene rings is 3. The molecule has 38 heavy (non-hydrogen) atoms. The number of rotatable bonds is 6. The molecule has 0 saturated carbocycles. The van der Waals surface area contributed by atoms with E-state index in [1.54, 1.807) is 47.0 Å². The van der Waals surface area contributed by atoms with Crippen molar-refractivity contribution >= 4 is 34.4 Å². The van der Waals surface area contributed by atoms with E-state index in [4.69, 9.17) is 21.1 Å². The van der Waals surface area contributed by atoms with E-state index in [2.05, 4.69) is 10.3 Å².